The van der Waals surface area contributed by atoms with Gasteiger partial charge in [-0.2, -0.15) is 0 Å². The summed E-state index contributed by atoms with van der Waals surface area (Å²) in [5.74, 6) is 1.40. The Balaban J connectivity index is 0.000000180. The predicted octanol–water partition coefficient (Wildman–Crippen LogP) is 3.82. The van der Waals surface area contributed by atoms with Crippen LogP contribution in [0.25, 0.3) is 0 Å². The summed E-state index contributed by atoms with van der Waals surface area (Å²) in [5.41, 5.74) is 0.936. The Labute approximate surface area is 230 Å². The monoisotopic (exact) mass is 705 g/mol. The lowest BCUT2D eigenvalue weighted by molar-refractivity contribution is -0.139. The molecule has 2 fully saturated rings. The molecule has 34 heavy (non-hydrogen) atoms. The molecule has 0 unspecified atom stereocenters. The minimum absolute atomic E-state index is 0.0374. The Morgan fingerprint density at radius 3 is 1.97 bits per heavy atom. The molecule has 0 atom stereocenters. The van der Waals surface area contributed by atoms with Crippen molar-refractivity contribution in [1.82, 2.24) is 24.3 Å². The van der Waals surface area contributed by atoms with E-state index in [1.165, 1.54) is 0 Å². The molecule has 0 spiro atoms. The summed E-state index contributed by atoms with van der Waals surface area (Å²) >= 11 is 10.1. The number of hydrogen-bond acceptors (Lipinski definition) is 7. The highest BCUT2D eigenvalue weighted by Gasteiger charge is 2.32. The number of ether oxygens (including phenoxy) is 2. The van der Waals surface area contributed by atoms with Crippen LogP contribution in [0.4, 0.5) is 0 Å². The van der Waals surface area contributed by atoms with E-state index in [-0.39, 0.29) is 18.1 Å². The van der Waals surface area contributed by atoms with Crippen molar-refractivity contribution in [3.8, 4) is 11.8 Å². The van der Waals surface area contributed by atoms with Gasteiger partial charge in [0.05, 0.1) is 32.6 Å². The van der Waals surface area contributed by atoms with Gasteiger partial charge in [-0.15, -0.1) is 0 Å². The molecule has 0 aromatic carbocycles. The second-order valence-electron chi connectivity index (χ2n) is 7.77. The predicted molar refractivity (Wildman–Crippen MR) is 145 cm³/mol. The van der Waals surface area contributed by atoms with E-state index in [4.69, 9.17) is 21.3 Å². The number of carbonyl (C=O) groups excluding carboxylic acids is 1. The highest BCUT2D eigenvalue weighted by molar-refractivity contribution is 14.1. The Bertz CT molecular complexity index is 1060. The average molecular weight is 706 g/mol. The standard InChI is InChI=1S/C15H14IN3O2.C8H8ClIN2O/c16-12-3-4-14(18-8-12)21-13-9-19(10-13)15(20)6-11-2-1-5-17-7-11;9-12-4-7(5-12)13-8-2-1-6(10)3-11-8/h1-5,7-8,13H,6,9-10H2;1-3,7H,4-5H2. The maximum absolute atomic E-state index is 12.1. The van der Waals surface area contributed by atoms with E-state index >= 15 is 0 Å². The first-order chi connectivity index (χ1) is 16.4. The smallest absolute Gasteiger partial charge is 0.227 e. The number of carbonyl (C=O) groups is 1. The maximum Gasteiger partial charge on any atom is 0.227 e. The number of halogens is 3. The van der Waals surface area contributed by atoms with Crippen LogP contribution in [-0.4, -0.2) is 68.6 Å². The molecular formula is C23H22ClI2N5O3. The largest absolute Gasteiger partial charge is 0.472 e. The molecule has 3 aromatic heterocycles. The quantitative estimate of drug-likeness (QED) is 0.285. The summed E-state index contributed by atoms with van der Waals surface area (Å²) in [6.07, 6.45) is 7.60. The minimum Gasteiger partial charge on any atom is -0.472 e. The summed E-state index contributed by atoms with van der Waals surface area (Å²) in [4.78, 5) is 26.2. The lowest BCUT2D eigenvalue weighted by Crippen LogP contribution is -2.56. The molecule has 2 saturated heterocycles. The number of rotatable bonds is 6. The minimum atomic E-state index is 0.0374. The molecule has 2 aliphatic heterocycles. The van der Waals surface area contributed by atoms with Gasteiger partial charge in [0.15, 0.2) is 0 Å². The topological polar surface area (TPSA) is 80.7 Å². The highest BCUT2D eigenvalue weighted by atomic mass is 127. The molecular weight excluding hydrogens is 684 g/mol. The van der Waals surface area contributed by atoms with Gasteiger partial charge in [0, 0.05) is 44.1 Å². The molecule has 11 heteroatoms. The molecule has 5 rings (SSSR count). The van der Waals surface area contributed by atoms with E-state index in [2.05, 4.69) is 60.1 Å². The van der Waals surface area contributed by atoms with Crippen molar-refractivity contribution in [3.05, 3.63) is 73.9 Å². The third-order valence-electron chi connectivity index (χ3n) is 5.06. The van der Waals surface area contributed by atoms with E-state index in [0.29, 0.717) is 31.3 Å². The molecule has 2 aliphatic rings. The zero-order valence-corrected chi connectivity index (χ0v) is 23.1. The van der Waals surface area contributed by atoms with E-state index in [1.54, 1.807) is 34.1 Å². The lowest BCUT2D eigenvalue weighted by Gasteiger charge is -2.38. The van der Waals surface area contributed by atoms with Gasteiger partial charge >= 0.3 is 0 Å². The van der Waals surface area contributed by atoms with Gasteiger partial charge in [-0.3, -0.25) is 9.78 Å². The zero-order valence-electron chi connectivity index (χ0n) is 18.1. The number of likely N-dealkylation sites (tertiary alicyclic amines) is 1. The fraction of sp³-hybridized carbons (Fsp3) is 0.304. The Hall–Kier alpha value is -1.77. The first kappa shape index (κ1) is 25.3. The third kappa shape index (κ3) is 7.62. The van der Waals surface area contributed by atoms with Crippen molar-refractivity contribution >= 4 is 62.9 Å². The van der Waals surface area contributed by atoms with Crippen LogP contribution in [-0.2, 0) is 11.2 Å². The van der Waals surface area contributed by atoms with Crippen LogP contribution >= 0.6 is 57.0 Å². The fourth-order valence-corrected chi connectivity index (χ4v) is 4.12. The molecule has 0 aliphatic carbocycles. The van der Waals surface area contributed by atoms with E-state index in [9.17, 15) is 4.79 Å². The van der Waals surface area contributed by atoms with Gasteiger partial charge < -0.3 is 14.4 Å². The second kappa shape index (κ2) is 12.3. The van der Waals surface area contributed by atoms with Crippen molar-refractivity contribution < 1.29 is 14.3 Å². The summed E-state index contributed by atoms with van der Waals surface area (Å²) < 4.78 is 15.1. The molecule has 1 amide bonds. The van der Waals surface area contributed by atoms with Crippen molar-refractivity contribution in [1.29, 1.82) is 0 Å². The van der Waals surface area contributed by atoms with Crippen LogP contribution in [0.5, 0.6) is 11.8 Å². The van der Waals surface area contributed by atoms with Crippen LogP contribution in [0.15, 0.2) is 61.2 Å². The average Bonchev–Trinajstić information content (AvgIpc) is 2.79. The van der Waals surface area contributed by atoms with E-state index < -0.39 is 0 Å². The van der Waals surface area contributed by atoms with Gasteiger partial charge in [0.2, 0.25) is 17.7 Å². The Kier molecular flexibility index (Phi) is 9.14. The molecule has 0 saturated carbocycles. The van der Waals surface area contributed by atoms with Crippen molar-refractivity contribution in [2.24, 2.45) is 0 Å². The molecule has 5 heterocycles. The normalized spacial score (nSPS) is 16.0. The van der Waals surface area contributed by atoms with Gasteiger partial charge in [0.25, 0.3) is 0 Å². The molecule has 178 valence electrons. The second-order valence-corrected chi connectivity index (χ2v) is 10.7. The molecule has 0 radical (unpaired) electrons. The molecule has 0 bridgehead atoms. The van der Waals surface area contributed by atoms with Gasteiger partial charge in [0.1, 0.15) is 12.2 Å². The highest BCUT2D eigenvalue weighted by Crippen LogP contribution is 2.19. The van der Waals surface area contributed by atoms with E-state index in [1.807, 2.05) is 36.4 Å². The number of pyridine rings is 3. The van der Waals surface area contributed by atoms with Gasteiger partial charge in [-0.05, 0) is 80.7 Å². The number of hydrogen-bond donors (Lipinski definition) is 0. The summed E-state index contributed by atoms with van der Waals surface area (Å²) in [7, 11) is 0. The Morgan fingerprint density at radius 1 is 0.912 bits per heavy atom. The van der Waals surface area contributed by atoms with Crippen molar-refractivity contribution in [2.75, 3.05) is 26.2 Å². The summed E-state index contributed by atoms with van der Waals surface area (Å²) in [6.45, 7) is 2.78. The number of aromatic nitrogens is 3. The van der Waals surface area contributed by atoms with Crippen molar-refractivity contribution in [2.45, 2.75) is 18.6 Å². The summed E-state index contributed by atoms with van der Waals surface area (Å²) in [6, 6.07) is 11.4. The van der Waals surface area contributed by atoms with Crippen LogP contribution in [0.2, 0.25) is 0 Å². The van der Waals surface area contributed by atoms with Crippen LogP contribution in [0.3, 0.4) is 0 Å². The van der Waals surface area contributed by atoms with Gasteiger partial charge in [-0.1, -0.05) is 6.07 Å². The van der Waals surface area contributed by atoms with Gasteiger partial charge in [-0.25, -0.2) is 14.4 Å². The third-order valence-corrected chi connectivity index (χ3v) is 6.61. The molecule has 3 aromatic rings. The van der Waals surface area contributed by atoms with E-state index in [0.717, 1.165) is 25.8 Å². The number of nitrogens with zero attached hydrogens (tertiary/aromatic N) is 5. The van der Waals surface area contributed by atoms with Crippen molar-refractivity contribution in [3.63, 3.8) is 0 Å². The first-order valence-corrected chi connectivity index (χ1v) is 13.1. The molecule has 0 N–H and O–H groups in total. The molecule has 8 nitrogen and oxygen atoms in total. The maximum atomic E-state index is 12.1. The van der Waals surface area contributed by atoms with Crippen LogP contribution in [0, 0.1) is 7.14 Å². The fourth-order valence-electron chi connectivity index (χ4n) is 3.17. The zero-order chi connectivity index (χ0) is 23.9. The first-order valence-electron chi connectivity index (χ1n) is 10.6. The van der Waals surface area contributed by atoms with Crippen LogP contribution < -0.4 is 9.47 Å². The Morgan fingerprint density at radius 2 is 1.50 bits per heavy atom. The van der Waals surface area contributed by atoms with Crippen LogP contribution in [0.1, 0.15) is 5.56 Å². The number of amides is 1. The SMILES string of the molecule is ClN1CC(Oc2ccc(I)cn2)C1.O=C(Cc1cccnc1)N1CC(Oc2ccc(I)cn2)C1. The lowest BCUT2D eigenvalue weighted by atomic mass is 10.1. The summed E-state index contributed by atoms with van der Waals surface area (Å²) in [5, 5.41) is 0.